The molecule has 84 valence electrons. The molecule has 0 spiro atoms. The number of aryl methyl sites for hydroxylation is 2. The van der Waals surface area contributed by atoms with Gasteiger partial charge in [-0.2, -0.15) is 0 Å². The second-order valence-corrected chi connectivity index (χ2v) is 5.71. The minimum Gasteiger partial charge on any atom is -0.293 e. The van der Waals surface area contributed by atoms with E-state index in [1.54, 1.807) is 22.7 Å². The number of hydrogen-bond donors (Lipinski definition) is 0. The second-order valence-electron chi connectivity index (χ2n) is 3.60. The molecule has 0 aliphatic carbocycles. The third kappa shape index (κ3) is 2.57. The summed E-state index contributed by atoms with van der Waals surface area (Å²) >= 11 is 3.15. The highest BCUT2D eigenvalue weighted by Crippen LogP contribution is 2.20. The van der Waals surface area contributed by atoms with Gasteiger partial charge in [-0.1, -0.05) is 6.92 Å². The lowest BCUT2D eigenvalue weighted by molar-refractivity contribution is 0.0997. The van der Waals surface area contributed by atoms with Gasteiger partial charge in [-0.15, -0.1) is 22.7 Å². The third-order valence-electron chi connectivity index (χ3n) is 2.26. The van der Waals surface area contributed by atoms with Gasteiger partial charge in [-0.25, -0.2) is 4.98 Å². The maximum Gasteiger partial charge on any atom is 0.179 e. The van der Waals surface area contributed by atoms with Crippen molar-refractivity contribution < 1.29 is 4.79 Å². The Hall–Kier alpha value is -1.00. The molecule has 0 bridgehead atoms. The molecule has 0 amide bonds. The SMILES string of the molecule is CCc1ccc(C(=O)Cc2nc(C)cs2)s1. The first-order valence-electron chi connectivity index (χ1n) is 5.22. The van der Waals surface area contributed by atoms with Gasteiger partial charge >= 0.3 is 0 Å². The molecule has 2 nitrogen and oxygen atoms in total. The Morgan fingerprint density at radius 1 is 1.44 bits per heavy atom. The number of carbonyl (C=O) groups excluding carboxylic acids is 1. The predicted octanol–water partition coefficient (Wildman–Crippen LogP) is 3.50. The van der Waals surface area contributed by atoms with Crippen LogP contribution in [0.5, 0.6) is 0 Å². The molecule has 0 saturated carbocycles. The van der Waals surface area contributed by atoms with Crippen molar-refractivity contribution in [2.75, 3.05) is 0 Å². The van der Waals surface area contributed by atoms with Gasteiger partial charge in [0.05, 0.1) is 11.3 Å². The lowest BCUT2D eigenvalue weighted by Crippen LogP contribution is -2.00. The van der Waals surface area contributed by atoms with E-state index in [1.807, 2.05) is 24.4 Å². The van der Waals surface area contributed by atoms with E-state index in [2.05, 4.69) is 11.9 Å². The lowest BCUT2D eigenvalue weighted by Gasteiger charge is -1.93. The van der Waals surface area contributed by atoms with Gasteiger partial charge in [0, 0.05) is 16.0 Å². The van der Waals surface area contributed by atoms with Crippen molar-refractivity contribution in [2.45, 2.75) is 26.7 Å². The molecular weight excluding hydrogens is 238 g/mol. The Morgan fingerprint density at radius 3 is 2.81 bits per heavy atom. The van der Waals surface area contributed by atoms with Gasteiger partial charge < -0.3 is 0 Å². The molecule has 4 heteroatoms. The Kier molecular flexibility index (Phi) is 3.51. The molecule has 0 N–H and O–H groups in total. The summed E-state index contributed by atoms with van der Waals surface area (Å²) in [5, 5.41) is 2.89. The van der Waals surface area contributed by atoms with E-state index in [0.29, 0.717) is 6.42 Å². The monoisotopic (exact) mass is 251 g/mol. The average Bonchev–Trinajstić information content (AvgIpc) is 2.87. The van der Waals surface area contributed by atoms with E-state index in [1.165, 1.54) is 4.88 Å². The van der Waals surface area contributed by atoms with E-state index < -0.39 is 0 Å². The third-order valence-corrected chi connectivity index (χ3v) is 4.50. The first-order valence-corrected chi connectivity index (χ1v) is 6.91. The summed E-state index contributed by atoms with van der Waals surface area (Å²) in [6.07, 6.45) is 1.43. The summed E-state index contributed by atoms with van der Waals surface area (Å²) in [6, 6.07) is 3.96. The van der Waals surface area contributed by atoms with Crippen molar-refractivity contribution in [1.29, 1.82) is 0 Å². The molecule has 2 aromatic heterocycles. The van der Waals surface area contributed by atoms with E-state index in [-0.39, 0.29) is 5.78 Å². The van der Waals surface area contributed by atoms with E-state index in [4.69, 9.17) is 0 Å². The molecule has 2 rings (SSSR count). The fourth-order valence-corrected chi connectivity index (χ4v) is 3.08. The zero-order chi connectivity index (χ0) is 11.5. The van der Waals surface area contributed by atoms with Gasteiger partial charge in [-0.3, -0.25) is 4.79 Å². The molecule has 2 heterocycles. The Labute approximate surface area is 103 Å². The summed E-state index contributed by atoms with van der Waals surface area (Å²) in [6.45, 7) is 4.05. The standard InChI is InChI=1S/C12H13NOS2/c1-3-9-4-5-11(16-9)10(14)6-12-13-8(2)7-15-12/h4-5,7H,3,6H2,1-2H3. The van der Waals surface area contributed by atoms with Crippen LogP contribution < -0.4 is 0 Å². The summed E-state index contributed by atoms with van der Waals surface area (Å²) in [7, 11) is 0. The topological polar surface area (TPSA) is 30.0 Å². The highest BCUT2D eigenvalue weighted by molar-refractivity contribution is 7.14. The molecule has 0 radical (unpaired) electrons. The number of rotatable bonds is 4. The van der Waals surface area contributed by atoms with Gasteiger partial charge in [0.2, 0.25) is 0 Å². The molecule has 0 aromatic carbocycles. The van der Waals surface area contributed by atoms with Crippen molar-refractivity contribution in [2.24, 2.45) is 0 Å². The van der Waals surface area contributed by atoms with Crippen molar-refractivity contribution in [3.63, 3.8) is 0 Å². The van der Waals surface area contributed by atoms with E-state index in [9.17, 15) is 4.79 Å². The average molecular weight is 251 g/mol. The lowest BCUT2D eigenvalue weighted by atomic mass is 10.2. The Balaban J connectivity index is 2.08. The van der Waals surface area contributed by atoms with Crippen molar-refractivity contribution in [3.05, 3.63) is 38.0 Å². The van der Waals surface area contributed by atoms with Gasteiger partial charge in [-0.05, 0) is 25.5 Å². The first kappa shape index (κ1) is 11.5. The highest BCUT2D eigenvalue weighted by Gasteiger charge is 2.11. The summed E-state index contributed by atoms with van der Waals surface area (Å²) in [5.41, 5.74) is 0.994. The van der Waals surface area contributed by atoms with Crippen LogP contribution in [0.3, 0.4) is 0 Å². The molecule has 0 aliphatic rings. The second kappa shape index (κ2) is 4.89. The number of thiophene rings is 1. The molecule has 0 aliphatic heterocycles. The number of aromatic nitrogens is 1. The molecule has 16 heavy (non-hydrogen) atoms. The van der Waals surface area contributed by atoms with Crippen LogP contribution in [0.15, 0.2) is 17.5 Å². The van der Waals surface area contributed by atoms with Crippen molar-refractivity contribution in [1.82, 2.24) is 4.98 Å². The van der Waals surface area contributed by atoms with Crippen LogP contribution in [0.2, 0.25) is 0 Å². The molecule has 0 unspecified atom stereocenters. The van der Waals surface area contributed by atoms with Crippen LogP contribution in [0.4, 0.5) is 0 Å². The van der Waals surface area contributed by atoms with Crippen LogP contribution in [-0.4, -0.2) is 10.8 Å². The highest BCUT2D eigenvalue weighted by atomic mass is 32.1. The smallest absolute Gasteiger partial charge is 0.179 e. The predicted molar refractivity (Wildman–Crippen MR) is 68.6 cm³/mol. The van der Waals surface area contributed by atoms with E-state index >= 15 is 0 Å². The van der Waals surface area contributed by atoms with Crippen molar-refractivity contribution in [3.8, 4) is 0 Å². The maximum atomic E-state index is 11.9. The van der Waals surface area contributed by atoms with Crippen LogP contribution in [0.25, 0.3) is 0 Å². The van der Waals surface area contributed by atoms with Crippen LogP contribution in [-0.2, 0) is 12.8 Å². The van der Waals surface area contributed by atoms with Gasteiger partial charge in [0.15, 0.2) is 5.78 Å². The van der Waals surface area contributed by atoms with Crippen molar-refractivity contribution >= 4 is 28.5 Å². The number of nitrogens with zero attached hydrogens (tertiary/aromatic N) is 1. The van der Waals surface area contributed by atoms with Crippen LogP contribution in [0.1, 0.15) is 32.2 Å². The van der Waals surface area contributed by atoms with Crippen LogP contribution >= 0.6 is 22.7 Å². The van der Waals surface area contributed by atoms with Crippen LogP contribution in [0, 0.1) is 6.92 Å². The van der Waals surface area contributed by atoms with Gasteiger partial charge in [0.25, 0.3) is 0 Å². The molecule has 2 aromatic rings. The van der Waals surface area contributed by atoms with Gasteiger partial charge in [0.1, 0.15) is 5.01 Å². The van der Waals surface area contributed by atoms with E-state index in [0.717, 1.165) is 22.0 Å². The fourth-order valence-electron chi connectivity index (χ4n) is 1.43. The molecular formula is C12H13NOS2. The Bertz CT molecular complexity index is 499. The fraction of sp³-hybridized carbons (Fsp3) is 0.333. The summed E-state index contributed by atoms with van der Waals surface area (Å²) in [5.74, 6) is 0.180. The summed E-state index contributed by atoms with van der Waals surface area (Å²) < 4.78 is 0. The zero-order valence-electron chi connectivity index (χ0n) is 9.32. The molecule has 0 atom stereocenters. The molecule has 0 fully saturated rings. The minimum atomic E-state index is 0.180. The summed E-state index contributed by atoms with van der Waals surface area (Å²) in [4.78, 5) is 18.3. The number of ketones is 1. The number of hydrogen-bond acceptors (Lipinski definition) is 4. The largest absolute Gasteiger partial charge is 0.293 e. The Morgan fingerprint density at radius 2 is 2.25 bits per heavy atom. The number of Topliss-reactive ketones (excluding diaryl/α,β-unsaturated/α-hetero) is 1. The first-order chi connectivity index (χ1) is 7.69. The number of thiazole rings is 1. The number of carbonyl (C=O) groups is 1. The zero-order valence-corrected chi connectivity index (χ0v) is 11.0. The minimum absolute atomic E-state index is 0.180. The normalized spacial score (nSPS) is 10.6. The quantitative estimate of drug-likeness (QED) is 0.778. The molecule has 0 saturated heterocycles. The maximum absolute atomic E-state index is 11.9.